The van der Waals surface area contributed by atoms with E-state index in [9.17, 15) is 5.11 Å². The predicted octanol–water partition coefficient (Wildman–Crippen LogP) is 4.52. The maximum Gasteiger partial charge on any atom is 0.199 e. The quantitative estimate of drug-likeness (QED) is 0.487. The molecule has 0 aliphatic carbocycles. The number of piperidine rings is 1. The number of fused-ring (bicyclic) bond motifs is 2. The summed E-state index contributed by atoms with van der Waals surface area (Å²) in [5, 5.41) is 16.1. The molecule has 0 unspecified atom stereocenters. The zero-order chi connectivity index (χ0) is 20.5. The maximum atomic E-state index is 10.7. The van der Waals surface area contributed by atoms with Crippen molar-refractivity contribution < 1.29 is 9.94 Å². The van der Waals surface area contributed by atoms with Crippen LogP contribution in [0, 0.1) is 6.92 Å². The summed E-state index contributed by atoms with van der Waals surface area (Å²) in [6.45, 7) is 5.73. The molecule has 0 amide bonds. The number of rotatable bonds is 5. The van der Waals surface area contributed by atoms with Crippen LogP contribution in [0.25, 0.3) is 10.9 Å². The van der Waals surface area contributed by atoms with Gasteiger partial charge in [0.2, 0.25) is 0 Å². The van der Waals surface area contributed by atoms with Crippen LogP contribution in [-0.4, -0.2) is 52.7 Å². The largest absolute Gasteiger partial charge is 0.494 e. The van der Waals surface area contributed by atoms with Crippen molar-refractivity contribution in [3.8, 4) is 5.88 Å². The minimum atomic E-state index is 0.100. The number of hydrogen-bond acceptors (Lipinski definition) is 5. The van der Waals surface area contributed by atoms with Crippen molar-refractivity contribution in [2.24, 2.45) is 10.1 Å². The summed E-state index contributed by atoms with van der Waals surface area (Å²) in [7, 11) is 0. The molecule has 1 saturated heterocycles. The van der Waals surface area contributed by atoms with E-state index < -0.39 is 0 Å². The van der Waals surface area contributed by atoms with E-state index in [0.717, 1.165) is 47.4 Å². The van der Waals surface area contributed by atoms with E-state index >= 15 is 0 Å². The van der Waals surface area contributed by atoms with Crippen LogP contribution < -0.4 is 0 Å². The Morgan fingerprint density at radius 3 is 2.83 bits per heavy atom. The molecular formula is C24H26N4O2. The van der Waals surface area contributed by atoms with E-state index in [4.69, 9.17) is 9.83 Å². The molecule has 5 rings (SSSR count). The SMILES string of the molecule is Cc1ccc2[nH]c(O)c(C3=Nc4ccccc4/C3=N\OCCN3CCCCC3)c2c1. The number of aryl methyl sites for hydroxylation is 1. The number of aromatic amines is 1. The fraction of sp³-hybridized carbons (Fsp3) is 0.333. The average Bonchev–Trinajstić information content (AvgIpc) is 3.28. The van der Waals surface area contributed by atoms with Gasteiger partial charge in [0.25, 0.3) is 0 Å². The number of H-pyrrole nitrogens is 1. The second-order valence-electron chi connectivity index (χ2n) is 8.05. The Hall–Kier alpha value is -3.12. The van der Waals surface area contributed by atoms with Gasteiger partial charge in [-0.25, -0.2) is 4.99 Å². The Balaban J connectivity index is 1.46. The van der Waals surface area contributed by atoms with Crippen LogP contribution in [0.3, 0.4) is 0 Å². The predicted molar refractivity (Wildman–Crippen MR) is 120 cm³/mol. The summed E-state index contributed by atoms with van der Waals surface area (Å²) < 4.78 is 0. The van der Waals surface area contributed by atoms with E-state index in [1.54, 1.807) is 0 Å². The molecule has 6 nitrogen and oxygen atoms in total. The first-order valence-corrected chi connectivity index (χ1v) is 10.6. The highest BCUT2D eigenvalue weighted by Gasteiger charge is 2.29. The summed E-state index contributed by atoms with van der Waals surface area (Å²) in [5.41, 5.74) is 5.74. The van der Waals surface area contributed by atoms with Gasteiger partial charge in [0, 0.05) is 23.0 Å². The molecule has 30 heavy (non-hydrogen) atoms. The highest BCUT2D eigenvalue weighted by Crippen LogP contribution is 2.35. The summed E-state index contributed by atoms with van der Waals surface area (Å²) in [5.74, 6) is 0.100. The molecule has 1 aromatic heterocycles. The maximum absolute atomic E-state index is 10.7. The molecule has 0 atom stereocenters. The van der Waals surface area contributed by atoms with Crippen molar-refractivity contribution in [1.82, 2.24) is 9.88 Å². The van der Waals surface area contributed by atoms with Gasteiger partial charge < -0.3 is 14.9 Å². The number of likely N-dealkylation sites (tertiary alicyclic amines) is 1. The highest BCUT2D eigenvalue weighted by molar-refractivity contribution is 6.58. The van der Waals surface area contributed by atoms with Gasteiger partial charge in [-0.3, -0.25) is 4.90 Å². The lowest BCUT2D eigenvalue weighted by Gasteiger charge is -2.25. The molecule has 2 N–H and O–H groups in total. The zero-order valence-electron chi connectivity index (χ0n) is 17.2. The highest BCUT2D eigenvalue weighted by atomic mass is 16.6. The molecule has 154 valence electrons. The monoisotopic (exact) mass is 402 g/mol. The third-order valence-corrected chi connectivity index (χ3v) is 5.89. The standard InChI is InChI=1S/C24H26N4O2/c1-16-9-10-20-18(15-16)21(24(29)26-20)23-22(17-7-3-4-8-19(17)25-23)27-30-14-13-28-11-5-2-6-12-28/h3-4,7-10,15,26,29H,2,5-6,11-14H2,1H3/b27-22+. The molecule has 1 fully saturated rings. The number of aromatic hydroxyl groups is 1. The van der Waals surface area contributed by atoms with Crippen LogP contribution in [-0.2, 0) is 4.84 Å². The zero-order valence-corrected chi connectivity index (χ0v) is 17.2. The van der Waals surface area contributed by atoms with E-state index in [-0.39, 0.29) is 5.88 Å². The van der Waals surface area contributed by atoms with Crippen molar-refractivity contribution in [2.45, 2.75) is 26.2 Å². The number of aromatic nitrogens is 1. The molecule has 3 aromatic rings. The van der Waals surface area contributed by atoms with Crippen LogP contribution >= 0.6 is 0 Å². The molecule has 0 radical (unpaired) electrons. The van der Waals surface area contributed by atoms with Gasteiger partial charge in [0.05, 0.1) is 11.3 Å². The minimum absolute atomic E-state index is 0.100. The second kappa shape index (κ2) is 7.95. The van der Waals surface area contributed by atoms with Crippen LogP contribution in [0.2, 0.25) is 0 Å². The number of oxime groups is 1. The fourth-order valence-electron chi connectivity index (χ4n) is 4.33. The fourth-order valence-corrected chi connectivity index (χ4v) is 4.33. The lowest BCUT2D eigenvalue weighted by Crippen LogP contribution is -2.32. The molecule has 3 heterocycles. The van der Waals surface area contributed by atoms with Crippen LogP contribution in [0.15, 0.2) is 52.6 Å². The lowest BCUT2D eigenvalue weighted by molar-refractivity contribution is 0.103. The van der Waals surface area contributed by atoms with Crippen molar-refractivity contribution >= 4 is 28.0 Å². The first-order valence-electron chi connectivity index (χ1n) is 10.6. The Morgan fingerprint density at radius 2 is 1.97 bits per heavy atom. The van der Waals surface area contributed by atoms with Gasteiger partial charge in [0.15, 0.2) is 5.88 Å². The number of benzene rings is 2. The van der Waals surface area contributed by atoms with E-state index in [0.29, 0.717) is 23.6 Å². The van der Waals surface area contributed by atoms with Gasteiger partial charge >= 0.3 is 0 Å². The van der Waals surface area contributed by atoms with Crippen LogP contribution in [0.5, 0.6) is 5.88 Å². The third kappa shape index (κ3) is 3.48. The molecular weight excluding hydrogens is 376 g/mol. The van der Waals surface area contributed by atoms with Gasteiger partial charge in [-0.05, 0) is 51.1 Å². The van der Waals surface area contributed by atoms with Gasteiger partial charge in [-0.15, -0.1) is 0 Å². The first-order chi connectivity index (χ1) is 14.7. The molecule has 2 aliphatic heterocycles. The van der Waals surface area contributed by atoms with Gasteiger partial charge in [0.1, 0.15) is 18.0 Å². The summed E-state index contributed by atoms with van der Waals surface area (Å²) in [4.78, 5) is 16.0. The number of para-hydroxylation sites is 1. The Labute approximate surface area is 175 Å². The number of aliphatic imine (C=N–C) groups is 1. The second-order valence-corrected chi connectivity index (χ2v) is 8.05. The third-order valence-electron chi connectivity index (χ3n) is 5.89. The number of nitrogens with one attached hydrogen (secondary N) is 1. The molecule has 6 heteroatoms. The Kier molecular flexibility index (Phi) is 5.01. The Morgan fingerprint density at radius 1 is 1.13 bits per heavy atom. The van der Waals surface area contributed by atoms with Crippen LogP contribution in [0.4, 0.5) is 5.69 Å². The number of nitrogens with zero attached hydrogens (tertiary/aromatic N) is 3. The Bertz CT molecular complexity index is 1140. The van der Waals surface area contributed by atoms with Crippen molar-refractivity contribution in [3.05, 3.63) is 59.2 Å². The molecule has 0 bridgehead atoms. The van der Waals surface area contributed by atoms with Crippen molar-refractivity contribution in [2.75, 3.05) is 26.2 Å². The minimum Gasteiger partial charge on any atom is -0.494 e. The van der Waals surface area contributed by atoms with E-state index in [1.165, 1.54) is 19.3 Å². The summed E-state index contributed by atoms with van der Waals surface area (Å²) in [6.07, 6.45) is 3.85. The molecule has 0 spiro atoms. The van der Waals surface area contributed by atoms with E-state index in [1.807, 2.05) is 43.3 Å². The van der Waals surface area contributed by atoms with E-state index in [2.05, 4.69) is 21.1 Å². The molecule has 0 saturated carbocycles. The normalized spacial score (nSPS) is 18.0. The van der Waals surface area contributed by atoms with Crippen LogP contribution in [0.1, 0.15) is 36.0 Å². The van der Waals surface area contributed by atoms with Crippen molar-refractivity contribution in [3.63, 3.8) is 0 Å². The molecule has 2 aromatic carbocycles. The smallest absolute Gasteiger partial charge is 0.199 e. The van der Waals surface area contributed by atoms with Gasteiger partial charge in [-0.1, -0.05) is 41.4 Å². The number of hydrogen-bond donors (Lipinski definition) is 2. The van der Waals surface area contributed by atoms with Crippen molar-refractivity contribution in [1.29, 1.82) is 0 Å². The average molecular weight is 402 g/mol. The topological polar surface area (TPSA) is 73.2 Å². The summed E-state index contributed by atoms with van der Waals surface area (Å²) in [6, 6.07) is 13.9. The summed E-state index contributed by atoms with van der Waals surface area (Å²) >= 11 is 0. The lowest BCUT2D eigenvalue weighted by atomic mass is 10.0. The van der Waals surface area contributed by atoms with Gasteiger partial charge in [-0.2, -0.15) is 0 Å². The first kappa shape index (κ1) is 18.9. The molecule has 2 aliphatic rings.